The average molecular weight is 542 g/mol. The van der Waals surface area contributed by atoms with Gasteiger partial charge >= 0.3 is 0 Å². The number of carbonyl (C=O) groups is 3. The van der Waals surface area contributed by atoms with Crippen molar-refractivity contribution in [3.05, 3.63) is 53.1 Å². The van der Waals surface area contributed by atoms with E-state index in [9.17, 15) is 14.4 Å². The fraction of sp³-hybridized carbons (Fsp3) is 0.346. The molecule has 0 aliphatic carbocycles. The number of unbranched alkanes of at least 4 members (excludes halogenated alkanes) is 1. The van der Waals surface area contributed by atoms with E-state index in [1.807, 2.05) is 24.3 Å². The van der Waals surface area contributed by atoms with Crippen molar-refractivity contribution in [1.82, 2.24) is 10.2 Å². The van der Waals surface area contributed by atoms with E-state index in [2.05, 4.69) is 27.5 Å². The minimum absolute atomic E-state index is 0.00176. The lowest BCUT2D eigenvalue weighted by molar-refractivity contribution is -0.125. The maximum atomic E-state index is 13.3. The minimum atomic E-state index is -0.687. The number of carbonyl (C=O) groups excluding carboxylic acids is 3. The molecule has 194 valence electrons. The van der Waals surface area contributed by atoms with Crippen LogP contribution in [0.3, 0.4) is 0 Å². The summed E-state index contributed by atoms with van der Waals surface area (Å²) >= 11 is 7.19. The Morgan fingerprint density at radius 3 is 2.78 bits per heavy atom. The summed E-state index contributed by atoms with van der Waals surface area (Å²) in [6.07, 6.45) is 2.41. The summed E-state index contributed by atoms with van der Waals surface area (Å²) in [5.41, 5.74) is 1.86. The van der Waals surface area contributed by atoms with Gasteiger partial charge in [-0.25, -0.2) is 9.89 Å². The number of anilines is 1. The number of methoxy groups -OCH3 is 1. The SMILES string of the molecule is CCCCNC(=O)CC[C@H]1N=C2c3ccccc3N=C(SCC(=O)Nc3cc(Cl)ccc3OC)N2C1=O. The molecular formula is C26H28ClN5O4S. The number of fused-ring (bicyclic) bond motifs is 3. The van der Waals surface area contributed by atoms with Crippen LogP contribution in [-0.4, -0.2) is 59.1 Å². The Morgan fingerprint density at radius 1 is 1.19 bits per heavy atom. The lowest BCUT2D eigenvalue weighted by Gasteiger charge is -2.25. The molecule has 4 rings (SSSR count). The Labute approximate surface area is 224 Å². The Bertz CT molecular complexity index is 1270. The molecule has 0 fully saturated rings. The topological polar surface area (TPSA) is 112 Å². The number of ether oxygens (including phenoxy) is 1. The maximum absolute atomic E-state index is 13.3. The van der Waals surface area contributed by atoms with Gasteiger partial charge in [0.05, 0.1) is 24.2 Å². The second-order valence-electron chi connectivity index (χ2n) is 8.48. The summed E-state index contributed by atoms with van der Waals surface area (Å²) in [5.74, 6) is 0.316. The number of halogens is 1. The van der Waals surface area contributed by atoms with E-state index < -0.39 is 6.04 Å². The van der Waals surface area contributed by atoms with E-state index in [1.54, 1.807) is 18.2 Å². The van der Waals surface area contributed by atoms with Crippen molar-refractivity contribution in [3.8, 4) is 5.75 Å². The van der Waals surface area contributed by atoms with Crippen LogP contribution in [0, 0.1) is 0 Å². The van der Waals surface area contributed by atoms with E-state index in [1.165, 1.54) is 12.0 Å². The third-order valence-electron chi connectivity index (χ3n) is 5.81. The van der Waals surface area contributed by atoms with Crippen molar-refractivity contribution < 1.29 is 19.1 Å². The Morgan fingerprint density at radius 2 is 2.00 bits per heavy atom. The molecule has 0 spiro atoms. The van der Waals surface area contributed by atoms with Gasteiger partial charge in [0.1, 0.15) is 17.6 Å². The van der Waals surface area contributed by atoms with Crippen LogP contribution in [0.5, 0.6) is 5.75 Å². The Kier molecular flexibility index (Phi) is 8.83. The zero-order valence-corrected chi connectivity index (χ0v) is 22.2. The molecule has 0 unspecified atom stereocenters. The van der Waals surface area contributed by atoms with Gasteiger partial charge in [0.15, 0.2) is 5.17 Å². The lowest BCUT2D eigenvalue weighted by atomic mass is 10.1. The second kappa shape index (κ2) is 12.2. The molecular weight excluding hydrogens is 514 g/mol. The number of nitrogens with zero attached hydrogens (tertiary/aromatic N) is 3. The van der Waals surface area contributed by atoms with Gasteiger partial charge in [-0.15, -0.1) is 0 Å². The van der Waals surface area contributed by atoms with Crippen molar-refractivity contribution in [2.24, 2.45) is 9.98 Å². The van der Waals surface area contributed by atoms with Crippen LogP contribution in [0.1, 0.15) is 38.2 Å². The fourth-order valence-corrected chi connectivity index (χ4v) is 4.91. The fourth-order valence-electron chi connectivity index (χ4n) is 3.94. The maximum Gasteiger partial charge on any atom is 0.259 e. The van der Waals surface area contributed by atoms with Gasteiger partial charge in [0, 0.05) is 23.6 Å². The first-order valence-electron chi connectivity index (χ1n) is 12.0. The molecule has 0 saturated heterocycles. The van der Waals surface area contributed by atoms with Gasteiger partial charge < -0.3 is 15.4 Å². The second-order valence-corrected chi connectivity index (χ2v) is 9.86. The number of nitrogens with one attached hydrogen (secondary N) is 2. The van der Waals surface area contributed by atoms with Gasteiger partial charge in [-0.1, -0.05) is 48.8 Å². The molecule has 3 amide bonds. The number of amidine groups is 2. The van der Waals surface area contributed by atoms with Crippen molar-refractivity contribution in [1.29, 1.82) is 0 Å². The lowest BCUT2D eigenvalue weighted by Crippen LogP contribution is -2.41. The number of hydrogen-bond acceptors (Lipinski definition) is 7. The summed E-state index contributed by atoms with van der Waals surface area (Å²) in [5, 5.41) is 6.49. The zero-order valence-electron chi connectivity index (χ0n) is 20.6. The number of aliphatic imine (C=N–C) groups is 2. The highest BCUT2D eigenvalue weighted by atomic mass is 35.5. The van der Waals surface area contributed by atoms with Gasteiger partial charge in [-0.2, -0.15) is 0 Å². The van der Waals surface area contributed by atoms with E-state index in [-0.39, 0.29) is 29.9 Å². The number of rotatable bonds is 10. The summed E-state index contributed by atoms with van der Waals surface area (Å²) in [6, 6.07) is 11.7. The molecule has 0 radical (unpaired) electrons. The first-order valence-corrected chi connectivity index (χ1v) is 13.4. The molecule has 2 aromatic carbocycles. The first kappa shape index (κ1) is 26.7. The van der Waals surface area contributed by atoms with Gasteiger partial charge in [-0.3, -0.25) is 19.4 Å². The van der Waals surface area contributed by atoms with Gasteiger partial charge in [0.2, 0.25) is 11.8 Å². The number of thioether (sulfide) groups is 1. The molecule has 9 nitrogen and oxygen atoms in total. The van der Waals surface area contributed by atoms with Crippen molar-refractivity contribution in [2.75, 3.05) is 24.7 Å². The van der Waals surface area contributed by atoms with Crippen LogP contribution >= 0.6 is 23.4 Å². The van der Waals surface area contributed by atoms with Crippen LogP contribution in [0.25, 0.3) is 0 Å². The van der Waals surface area contributed by atoms with E-state index >= 15 is 0 Å². The molecule has 11 heteroatoms. The summed E-state index contributed by atoms with van der Waals surface area (Å²) in [4.78, 5) is 49.0. The standard InChI is InChI=1S/C26H28ClN5O4S/c1-3-4-13-28-22(33)12-10-19-25(35)32-24(30-19)17-7-5-6-8-18(17)31-26(32)37-15-23(34)29-20-14-16(27)9-11-21(20)36-2/h5-9,11,14,19H,3-4,10,12-13,15H2,1-2H3,(H,28,33)(H,29,34)/t19-/m1/s1. The summed E-state index contributed by atoms with van der Waals surface area (Å²) in [6.45, 7) is 2.68. The van der Waals surface area contributed by atoms with E-state index in [4.69, 9.17) is 16.3 Å². The number of benzene rings is 2. The monoisotopic (exact) mass is 541 g/mol. The highest BCUT2D eigenvalue weighted by Crippen LogP contribution is 2.34. The predicted molar refractivity (Wildman–Crippen MR) is 147 cm³/mol. The smallest absolute Gasteiger partial charge is 0.259 e. The highest BCUT2D eigenvalue weighted by Gasteiger charge is 2.41. The molecule has 0 aromatic heterocycles. The van der Waals surface area contributed by atoms with Crippen molar-refractivity contribution in [3.63, 3.8) is 0 Å². The van der Waals surface area contributed by atoms with Crippen molar-refractivity contribution in [2.45, 2.75) is 38.6 Å². The summed E-state index contributed by atoms with van der Waals surface area (Å²) in [7, 11) is 1.51. The number of amides is 3. The normalized spacial score (nSPS) is 15.9. The molecule has 0 bridgehead atoms. The highest BCUT2D eigenvalue weighted by molar-refractivity contribution is 8.14. The van der Waals surface area contributed by atoms with Crippen LogP contribution in [0.4, 0.5) is 11.4 Å². The van der Waals surface area contributed by atoms with E-state index in [0.717, 1.165) is 30.2 Å². The van der Waals surface area contributed by atoms with Crippen LogP contribution in [-0.2, 0) is 14.4 Å². The molecule has 2 heterocycles. The van der Waals surface area contributed by atoms with Crippen LogP contribution in [0.15, 0.2) is 52.4 Å². The molecule has 0 saturated carbocycles. The molecule has 1 atom stereocenters. The third kappa shape index (κ3) is 6.31. The first-order chi connectivity index (χ1) is 17.9. The van der Waals surface area contributed by atoms with Gasteiger partial charge in [0.25, 0.3) is 5.91 Å². The Hall–Kier alpha value is -3.37. The molecule has 2 aliphatic rings. The molecule has 2 N–H and O–H groups in total. The van der Waals surface area contributed by atoms with E-state index in [0.29, 0.717) is 46.1 Å². The number of hydrogen-bond donors (Lipinski definition) is 2. The molecule has 2 aliphatic heterocycles. The van der Waals surface area contributed by atoms with Crippen molar-refractivity contribution >= 4 is 63.5 Å². The third-order valence-corrected chi connectivity index (χ3v) is 6.99. The quantitative estimate of drug-likeness (QED) is 0.434. The average Bonchev–Trinajstić information content (AvgIpc) is 3.23. The van der Waals surface area contributed by atoms with Crippen LogP contribution < -0.4 is 15.4 Å². The predicted octanol–water partition coefficient (Wildman–Crippen LogP) is 4.38. The summed E-state index contributed by atoms with van der Waals surface area (Å²) < 4.78 is 5.28. The molecule has 37 heavy (non-hydrogen) atoms. The van der Waals surface area contributed by atoms with Gasteiger partial charge in [-0.05, 0) is 43.2 Å². The zero-order chi connectivity index (χ0) is 26.4. The molecule has 2 aromatic rings. The minimum Gasteiger partial charge on any atom is -0.495 e. The number of para-hydroxylation sites is 1. The Balaban J connectivity index is 1.46. The largest absolute Gasteiger partial charge is 0.495 e. The van der Waals surface area contributed by atoms with Crippen LogP contribution in [0.2, 0.25) is 5.02 Å².